The molecular formula is C12H16N2. The Labute approximate surface area is 85.4 Å². The van der Waals surface area contributed by atoms with Gasteiger partial charge in [0.25, 0.3) is 0 Å². The fourth-order valence-corrected chi connectivity index (χ4v) is 1.94. The Kier molecular flexibility index (Phi) is 3.27. The molecule has 0 saturated heterocycles. The first kappa shape index (κ1) is 10.7. The second-order valence-corrected chi connectivity index (χ2v) is 3.63. The van der Waals surface area contributed by atoms with Crippen LogP contribution in [0.15, 0.2) is 6.07 Å². The fraction of sp³-hybridized carbons (Fsp3) is 0.417. The van der Waals surface area contributed by atoms with Crippen molar-refractivity contribution in [3.05, 3.63) is 33.9 Å². The number of nitrogens with two attached hydrogens (primary N) is 1. The minimum absolute atomic E-state index is 0.477. The summed E-state index contributed by atoms with van der Waals surface area (Å²) in [6.45, 7) is 6.72. The van der Waals surface area contributed by atoms with Gasteiger partial charge in [0.05, 0.1) is 12.5 Å². The zero-order valence-corrected chi connectivity index (χ0v) is 9.02. The maximum Gasteiger partial charge on any atom is 0.0669 e. The van der Waals surface area contributed by atoms with Crippen LogP contribution in [0.1, 0.15) is 27.8 Å². The summed E-state index contributed by atoms with van der Waals surface area (Å²) in [6.07, 6.45) is 0.477. The van der Waals surface area contributed by atoms with Gasteiger partial charge in [0, 0.05) is 6.54 Å². The highest BCUT2D eigenvalue weighted by Crippen LogP contribution is 2.22. The van der Waals surface area contributed by atoms with E-state index in [1.165, 1.54) is 22.3 Å². The van der Waals surface area contributed by atoms with E-state index in [-0.39, 0.29) is 0 Å². The van der Waals surface area contributed by atoms with Gasteiger partial charge in [-0.1, -0.05) is 6.07 Å². The average Bonchev–Trinajstić information content (AvgIpc) is 2.12. The van der Waals surface area contributed by atoms with Gasteiger partial charge in [-0.25, -0.2) is 0 Å². The molecule has 0 atom stereocenters. The lowest BCUT2D eigenvalue weighted by molar-refractivity contribution is 1.00. The minimum Gasteiger partial charge on any atom is -0.326 e. The first-order valence-corrected chi connectivity index (χ1v) is 4.77. The van der Waals surface area contributed by atoms with Gasteiger partial charge in [0.2, 0.25) is 0 Å². The molecule has 0 amide bonds. The molecule has 2 heteroatoms. The standard InChI is InChI=1S/C12H16N2/c1-8-6-9(2)12(7-14)10(3)11(8)4-5-13/h6H,4,7,14H2,1-3H3. The van der Waals surface area contributed by atoms with Crippen molar-refractivity contribution in [2.75, 3.05) is 0 Å². The van der Waals surface area contributed by atoms with E-state index < -0.39 is 0 Å². The van der Waals surface area contributed by atoms with Crippen molar-refractivity contribution >= 4 is 0 Å². The number of rotatable bonds is 2. The van der Waals surface area contributed by atoms with Crippen LogP contribution >= 0.6 is 0 Å². The van der Waals surface area contributed by atoms with Crippen LogP contribution in [0.2, 0.25) is 0 Å². The second kappa shape index (κ2) is 4.26. The third kappa shape index (κ3) is 1.78. The molecule has 0 radical (unpaired) electrons. The van der Waals surface area contributed by atoms with Crippen LogP contribution in [0.4, 0.5) is 0 Å². The smallest absolute Gasteiger partial charge is 0.0669 e. The maximum atomic E-state index is 8.72. The highest BCUT2D eigenvalue weighted by atomic mass is 14.5. The van der Waals surface area contributed by atoms with E-state index in [0.717, 1.165) is 5.56 Å². The Morgan fingerprint density at radius 2 is 1.79 bits per heavy atom. The molecule has 2 N–H and O–H groups in total. The monoisotopic (exact) mass is 188 g/mol. The maximum absolute atomic E-state index is 8.72. The molecule has 14 heavy (non-hydrogen) atoms. The van der Waals surface area contributed by atoms with E-state index in [2.05, 4.69) is 26.0 Å². The molecule has 1 aromatic rings. The summed E-state index contributed by atoms with van der Waals surface area (Å²) in [4.78, 5) is 0. The Bertz CT molecular complexity index is 386. The van der Waals surface area contributed by atoms with Gasteiger partial charge in [-0.2, -0.15) is 5.26 Å². The average molecular weight is 188 g/mol. The molecular weight excluding hydrogens is 172 g/mol. The molecule has 74 valence electrons. The van der Waals surface area contributed by atoms with E-state index in [4.69, 9.17) is 11.0 Å². The summed E-state index contributed by atoms with van der Waals surface area (Å²) in [5.74, 6) is 0. The lowest BCUT2D eigenvalue weighted by Crippen LogP contribution is -2.06. The topological polar surface area (TPSA) is 49.8 Å². The molecule has 0 saturated carbocycles. The fourth-order valence-electron chi connectivity index (χ4n) is 1.94. The third-order valence-electron chi connectivity index (χ3n) is 2.75. The third-order valence-corrected chi connectivity index (χ3v) is 2.75. The molecule has 0 unspecified atom stereocenters. The normalized spacial score (nSPS) is 9.93. The predicted molar refractivity (Wildman–Crippen MR) is 57.9 cm³/mol. The summed E-state index contributed by atoms with van der Waals surface area (Å²) >= 11 is 0. The Hall–Kier alpha value is -1.33. The molecule has 0 spiro atoms. The molecule has 0 aromatic heterocycles. The Morgan fingerprint density at radius 1 is 1.21 bits per heavy atom. The molecule has 0 aliphatic heterocycles. The highest BCUT2D eigenvalue weighted by molar-refractivity contribution is 5.45. The summed E-state index contributed by atoms with van der Waals surface area (Å²) in [5, 5.41) is 8.72. The molecule has 1 aromatic carbocycles. The van der Waals surface area contributed by atoms with Crippen LogP contribution in [0.3, 0.4) is 0 Å². The lowest BCUT2D eigenvalue weighted by Gasteiger charge is -2.14. The van der Waals surface area contributed by atoms with E-state index in [1.54, 1.807) is 0 Å². The zero-order chi connectivity index (χ0) is 10.7. The number of hydrogen-bond donors (Lipinski definition) is 1. The van der Waals surface area contributed by atoms with Crippen molar-refractivity contribution in [3.8, 4) is 6.07 Å². The Balaban J connectivity index is 3.37. The van der Waals surface area contributed by atoms with Crippen molar-refractivity contribution in [2.24, 2.45) is 5.73 Å². The van der Waals surface area contributed by atoms with Gasteiger partial charge in [-0.05, 0) is 48.6 Å². The van der Waals surface area contributed by atoms with Crippen molar-refractivity contribution in [3.63, 3.8) is 0 Å². The lowest BCUT2D eigenvalue weighted by atomic mass is 9.92. The molecule has 2 nitrogen and oxygen atoms in total. The van der Waals surface area contributed by atoms with Crippen molar-refractivity contribution in [2.45, 2.75) is 33.7 Å². The van der Waals surface area contributed by atoms with Gasteiger partial charge >= 0.3 is 0 Å². The molecule has 0 heterocycles. The van der Waals surface area contributed by atoms with Crippen molar-refractivity contribution < 1.29 is 0 Å². The summed E-state index contributed by atoms with van der Waals surface area (Å²) in [6, 6.07) is 4.31. The number of benzene rings is 1. The largest absolute Gasteiger partial charge is 0.326 e. The summed E-state index contributed by atoms with van der Waals surface area (Å²) < 4.78 is 0. The zero-order valence-electron chi connectivity index (χ0n) is 9.02. The quantitative estimate of drug-likeness (QED) is 0.773. The van der Waals surface area contributed by atoms with E-state index in [9.17, 15) is 0 Å². The highest BCUT2D eigenvalue weighted by Gasteiger charge is 2.08. The van der Waals surface area contributed by atoms with Crippen LogP contribution < -0.4 is 5.73 Å². The molecule has 0 fully saturated rings. The number of nitrogens with zero attached hydrogens (tertiary/aromatic N) is 1. The van der Waals surface area contributed by atoms with Gasteiger partial charge in [-0.3, -0.25) is 0 Å². The van der Waals surface area contributed by atoms with Gasteiger partial charge < -0.3 is 5.73 Å². The van der Waals surface area contributed by atoms with Crippen molar-refractivity contribution in [1.82, 2.24) is 0 Å². The second-order valence-electron chi connectivity index (χ2n) is 3.63. The molecule has 0 bridgehead atoms. The van der Waals surface area contributed by atoms with Crippen molar-refractivity contribution in [1.29, 1.82) is 5.26 Å². The van der Waals surface area contributed by atoms with Crippen LogP contribution in [0.25, 0.3) is 0 Å². The summed E-state index contributed by atoms with van der Waals surface area (Å²) in [5.41, 5.74) is 11.6. The van der Waals surface area contributed by atoms with Crippen LogP contribution in [0, 0.1) is 32.1 Å². The van der Waals surface area contributed by atoms with E-state index in [0.29, 0.717) is 13.0 Å². The minimum atomic E-state index is 0.477. The summed E-state index contributed by atoms with van der Waals surface area (Å²) in [7, 11) is 0. The number of aryl methyl sites for hydroxylation is 2. The van der Waals surface area contributed by atoms with Gasteiger partial charge in [0.1, 0.15) is 0 Å². The first-order valence-electron chi connectivity index (χ1n) is 4.77. The van der Waals surface area contributed by atoms with Crippen LogP contribution in [-0.2, 0) is 13.0 Å². The first-order chi connectivity index (χ1) is 6.61. The molecule has 1 rings (SSSR count). The van der Waals surface area contributed by atoms with Crippen LogP contribution in [0.5, 0.6) is 0 Å². The number of hydrogen-bond acceptors (Lipinski definition) is 2. The predicted octanol–water partition coefficient (Wildman–Crippen LogP) is 2.14. The van der Waals surface area contributed by atoms with E-state index in [1.807, 2.05) is 6.92 Å². The SMILES string of the molecule is Cc1cc(C)c(CC#N)c(C)c1CN. The van der Waals surface area contributed by atoms with Gasteiger partial charge in [0.15, 0.2) is 0 Å². The molecule has 0 aliphatic carbocycles. The molecule has 0 aliphatic rings. The Morgan fingerprint density at radius 3 is 2.29 bits per heavy atom. The van der Waals surface area contributed by atoms with E-state index >= 15 is 0 Å². The van der Waals surface area contributed by atoms with Gasteiger partial charge in [-0.15, -0.1) is 0 Å². The number of nitriles is 1. The van der Waals surface area contributed by atoms with Crippen LogP contribution in [-0.4, -0.2) is 0 Å².